The van der Waals surface area contributed by atoms with Crippen molar-refractivity contribution in [2.24, 2.45) is 0 Å². The SMILES string of the molecule is O=C(c1sc2cc(Cl)ccc2c1Cl)N1CCN(S(=O)(=O)c2cccs2)CC1. The van der Waals surface area contributed by atoms with Crippen LogP contribution in [-0.2, 0) is 10.0 Å². The van der Waals surface area contributed by atoms with E-state index in [1.54, 1.807) is 40.6 Å². The van der Waals surface area contributed by atoms with E-state index in [1.165, 1.54) is 27.0 Å². The van der Waals surface area contributed by atoms with E-state index >= 15 is 0 Å². The lowest BCUT2D eigenvalue weighted by Crippen LogP contribution is -2.50. The molecule has 142 valence electrons. The van der Waals surface area contributed by atoms with Gasteiger partial charge >= 0.3 is 0 Å². The maximum absolute atomic E-state index is 12.9. The Labute approximate surface area is 174 Å². The Morgan fingerprint density at radius 3 is 2.48 bits per heavy atom. The Morgan fingerprint density at radius 1 is 1.07 bits per heavy atom. The normalized spacial score (nSPS) is 16.1. The summed E-state index contributed by atoms with van der Waals surface area (Å²) in [6.45, 7) is 1.18. The second-order valence-corrected chi connectivity index (χ2v) is 11.0. The standard InChI is InChI=1S/C17H14Cl2N2O3S3/c18-11-3-4-12-13(10-11)26-16(15(12)19)17(22)20-5-7-21(8-6-20)27(23,24)14-2-1-9-25-14/h1-4,9-10H,5-8H2. The highest BCUT2D eigenvalue weighted by Crippen LogP contribution is 2.37. The number of benzene rings is 1. The molecule has 0 saturated carbocycles. The van der Waals surface area contributed by atoms with E-state index < -0.39 is 10.0 Å². The molecule has 1 aromatic carbocycles. The maximum atomic E-state index is 12.9. The van der Waals surface area contributed by atoms with Gasteiger partial charge in [0.1, 0.15) is 9.09 Å². The molecule has 10 heteroatoms. The highest BCUT2D eigenvalue weighted by Gasteiger charge is 2.32. The van der Waals surface area contributed by atoms with Crippen LogP contribution >= 0.6 is 45.9 Å². The number of piperazine rings is 1. The first-order chi connectivity index (χ1) is 12.9. The number of hydrogen-bond donors (Lipinski definition) is 0. The number of halogens is 2. The van der Waals surface area contributed by atoms with Crippen LogP contribution in [0.5, 0.6) is 0 Å². The summed E-state index contributed by atoms with van der Waals surface area (Å²) in [6, 6.07) is 8.65. The molecule has 5 nitrogen and oxygen atoms in total. The molecule has 0 radical (unpaired) electrons. The quantitative estimate of drug-likeness (QED) is 0.581. The third kappa shape index (κ3) is 3.50. The first-order valence-electron chi connectivity index (χ1n) is 8.08. The summed E-state index contributed by atoms with van der Waals surface area (Å²) in [5.74, 6) is -0.175. The fourth-order valence-electron chi connectivity index (χ4n) is 2.99. The Morgan fingerprint density at radius 2 is 1.81 bits per heavy atom. The summed E-state index contributed by atoms with van der Waals surface area (Å²) in [5.41, 5.74) is 0. The summed E-state index contributed by atoms with van der Waals surface area (Å²) < 4.78 is 27.8. The predicted molar refractivity (Wildman–Crippen MR) is 111 cm³/mol. The molecule has 1 aliphatic heterocycles. The second-order valence-electron chi connectivity index (χ2n) is 6.01. The molecule has 1 amide bonds. The third-order valence-electron chi connectivity index (χ3n) is 4.40. The van der Waals surface area contributed by atoms with Gasteiger partial charge in [0.25, 0.3) is 15.9 Å². The average molecular weight is 461 g/mol. The van der Waals surface area contributed by atoms with E-state index in [9.17, 15) is 13.2 Å². The van der Waals surface area contributed by atoms with E-state index in [1.807, 2.05) is 0 Å². The number of hydrogen-bond acceptors (Lipinski definition) is 5. The fourth-order valence-corrected chi connectivity index (χ4v) is 7.31. The second kappa shape index (κ2) is 7.35. The zero-order valence-electron chi connectivity index (χ0n) is 13.9. The molecule has 3 aromatic rings. The van der Waals surface area contributed by atoms with Crippen LogP contribution in [0.1, 0.15) is 9.67 Å². The summed E-state index contributed by atoms with van der Waals surface area (Å²) >= 11 is 14.9. The van der Waals surface area contributed by atoms with Crippen molar-refractivity contribution in [1.82, 2.24) is 9.21 Å². The molecular weight excluding hydrogens is 447 g/mol. The summed E-state index contributed by atoms with van der Waals surface area (Å²) in [5, 5.41) is 3.55. The monoisotopic (exact) mass is 460 g/mol. The van der Waals surface area contributed by atoms with Gasteiger partial charge in [-0.25, -0.2) is 8.42 Å². The lowest BCUT2D eigenvalue weighted by molar-refractivity contribution is 0.0703. The molecule has 1 aliphatic rings. The van der Waals surface area contributed by atoms with Gasteiger partial charge < -0.3 is 4.90 Å². The Bertz CT molecular complexity index is 1100. The number of carbonyl (C=O) groups is 1. The molecule has 0 spiro atoms. The van der Waals surface area contributed by atoms with Gasteiger partial charge in [0.05, 0.1) is 5.02 Å². The van der Waals surface area contributed by atoms with Gasteiger partial charge in [0, 0.05) is 41.3 Å². The molecule has 0 bridgehead atoms. The van der Waals surface area contributed by atoms with Crippen molar-refractivity contribution >= 4 is 71.9 Å². The van der Waals surface area contributed by atoms with Gasteiger partial charge in [-0.2, -0.15) is 4.31 Å². The van der Waals surface area contributed by atoms with Crippen LogP contribution in [0.4, 0.5) is 0 Å². The molecule has 1 fully saturated rings. The van der Waals surface area contributed by atoms with Crippen LogP contribution < -0.4 is 0 Å². The number of amides is 1. The summed E-state index contributed by atoms with van der Waals surface area (Å²) in [7, 11) is -3.49. The van der Waals surface area contributed by atoms with Crippen LogP contribution in [0.15, 0.2) is 39.9 Å². The van der Waals surface area contributed by atoms with Crippen LogP contribution in [0.25, 0.3) is 10.1 Å². The maximum Gasteiger partial charge on any atom is 0.265 e. The minimum absolute atomic E-state index is 0.175. The van der Waals surface area contributed by atoms with Crippen molar-refractivity contribution in [2.45, 2.75) is 4.21 Å². The van der Waals surface area contributed by atoms with Gasteiger partial charge in [0.15, 0.2) is 0 Å². The molecule has 0 atom stereocenters. The van der Waals surface area contributed by atoms with Crippen LogP contribution in [0, 0.1) is 0 Å². The molecule has 0 aliphatic carbocycles. The van der Waals surface area contributed by atoms with Gasteiger partial charge in [0.2, 0.25) is 0 Å². The minimum atomic E-state index is -3.49. The van der Waals surface area contributed by atoms with Crippen LogP contribution in [0.3, 0.4) is 0 Å². The van der Waals surface area contributed by atoms with Crippen LogP contribution in [0.2, 0.25) is 10.0 Å². The Hall–Kier alpha value is -1.16. The zero-order valence-corrected chi connectivity index (χ0v) is 17.9. The zero-order chi connectivity index (χ0) is 19.2. The molecular formula is C17H14Cl2N2O3S3. The van der Waals surface area contributed by atoms with Crippen LogP contribution in [-0.4, -0.2) is 49.7 Å². The number of nitrogens with zero attached hydrogens (tertiary/aromatic N) is 2. The molecule has 0 N–H and O–H groups in total. The average Bonchev–Trinajstić information content (AvgIpc) is 3.30. The number of thiophene rings is 2. The number of rotatable bonds is 3. The van der Waals surface area contributed by atoms with Crippen molar-refractivity contribution in [3.63, 3.8) is 0 Å². The fraction of sp³-hybridized carbons (Fsp3) is 0.235. The largest absolute Gasteiger partial charge is 0.335 e. The van der Waals surface area contributed by atoms with Gasteiger partial charge in [-0.05, 0) is 23.6 Å². The van der Waals surface area contributed by atoms with Crippen molar-refractivity contribution < 1.29 is 13.2 Å². The van der Waals surface area contributed by atoms with E-state index in [4.69, 9.17) is 23.2 Å². The topological polar surface area (TPSA) is 57.7 Å². The number of carbonyl (C=O) groups excluding carboxylic acids is 1. The van der Waals surface area contributed by atoms with E-state index in [2.05, 4.69) is 0 Å². The third-order valence-corrected chi connectivity index (χ3v) is 9.55. The molecule has 2 aromatic heterocycles. The highest BCUT2D eigenvalue weighted by atomic mass is 35.5. The summed E-state index contributed by atoms with van der Waals surface area (Å²) in [6.07, 6.45) is 0. The smallest absolute Gasteiger partial charge is 0.265 e. The first-order valence-corrected chi connectivity index (χ1v) is 12.0. The van der Waals surface area contributed by atoms with Crippen molar-refractivity contribution in [1.29, 1.82) is 0 Å². The first kappa shape index (κ1) is 19.2. The van der Waals surface area contributed by atoms with E-state index in [0.717, 1.165) is 10.1 Å². The molecule has 3 heterocycles. The predicted octanol–water partition coefficient (Wildman–Crippen LogP) is 4.42. The Kier molecular flexibility index (Phi) is 5.22. The van der Waals surface area contributed by atoms with Gasteiger partial charge in [-0.15, -0.1) is 22.7 Å². The van der Waals surface area contributed by atoms with Crippen molar-refractivity contribution in [3.05, 3.63) is 50.6 Å². The molecule has 4 rings (SSSR count). The minimum Gasteiger partial charge on any atom is -0.335 e. The summed E-state index contributed by atoms with van der Waals surface area (Å²) in [4.78, 5) is 15.0. The van der Waals surface area contributed by atoms with Crippen molar-refractivity contribution in [3.8, 4) is 0 Å². The van der Waals surface area contributed by atoms with Gasteiger partial charge in [-0.1, -0.05) is 35.3 Å². The molecule has 27 heavy (non-hydrogen) atoms. The Balaban J connectivity index is 1.52. The van der Waals surface area contributed by atoms with Gasteiger partial charge in [-0.3, -0.25) is 4.79 Å². The molecule has 1 saturated heterocycles. The lowest BCUT2D eigenvalue weighted by atomic mass is 10.2. The van der Waals surface area contributed by atoms with Crippen molar-refractivity contribution in [2.75, 3.05) is 26.2 Å². The lowest BCUT2D eigenvalue weighted by Gasteiger charge is -2.33. The number of fused-ring (bicyclic) bond motifs is 1. The van der Waals surface area contributed by atoms with E-state index in [-0.39, 0.29) is 19.0 Å². The molecule has 0 unspecified atom stereocenters. The highest BCUT2D eigenvalue weighted by molar-refractivity contribution is 7.91. The van der Waals surface area contributed by atoms with E-state index in [0.29, 0.717) is 32.2 Å². The number of sulfonamides is 1.